The number of aliphatic hydroxyl groups is 1. The smallest absolute Gasteiger partial charge is 0.0919 e. The molecule has 1 aliphatic rings. The van der Waals surface area contributed by atoms with Gasteiger partial charge < -0.3 is 10.0 Å². The Morgan fingerprint density at radius 3 is 1.96 bits per heavy atom. The zero-order chi connectivity index (χ0) is 18.1. The van der Waals surface area contributed by atoms with Gasteiger partial charge in [-0.3, -0.25) is 9.58 Å². The first-order valence-corrected chi connectivity index (χ1v) is 9.16. The van der Waals surface area contributed by atoms with E-state index in [0.29, 0.717) is 0 Å². The molecule has 0 aromatic carbocycles. The van der Waals surface area contributed by atoms with Crippen LogP contribution in [0.2, 0.25) is 0 Å². The molecule has 1 N–H and O–H groups in total. The van der Waals surface area contributed by atoms with Crippen LogP contribution in [0.15, 0.2) is 0 Å². The third-order valence-electron chi connectivity index (χ3n) is 4.86. The van der Waals surface area contributed by atoms with Gasteiger partial charge in [0.05, 0.1) is 18.8 Å². The van der Waals surface area contributed by atoms with E-state index in [9.17, 15) is 5.11 Å². The van der Waals surface area contributed by atoms with Crippen molar-refractivity contribution in [2.24, 2.45) is 0 Å². The molecule has 1 saturated heterocycles. The van der Waals surface area contributed by atoms with Crippen molar-refractivity contribution in [3.63, 3.8) is 0 Å². The largest absolute Gasteiger partial charge is 0.390 e. The summed E-state index contributed by atoms with van der Waals surface area (Å²) in [5, 5.41) is 14.6. The van der Waals surface area contributed by atoms with Gasteiger partial charge in [0.1, 0.15) is 0 Å². The van der Waals surface area contributed by atoms with Crippen molar-refractivity contribution in [3.05, 3.63) is 17.0 Å². The highest BCUT2D eigenvalue weighted by molar-refractivity contribution is 5.37. The van der Waals surface area contributed by atoms with E-state index >= 15 is 0 Å². The lowest BCUT2D eigenvalue weighted by Crippen LogP contribution is -2.45. The maximum absolute atomic E-state index is 9.84. The molecule has 1 fully saturated rings. The molecule has 1 aromatic heterocycles. The highest BCUT2D eigenvalue weighted by Crippen LogP contribution is 2.36. The third kappa shape index (κ3) is 4.38. The molecule has 2 rings (SSSR count). The predicted octanol–water partition coefficient (Wildman–Crippen LogP) is 2.22. The number of rotatable bonds is 4. The van der Waals surface area contributed by atoms with Crippen LogP contribution >= 0.6 is 0 Å². The Kier molecular flexibility index (Phi) is 5.78. The summed E-state index contributed by atoms with van der Waals surface area (Å²) < 4.78 is 2.16. The van der Waals surface area contributed by atoms with Crippen LogP contribution in [0.1, 0.15) is 58.5 Å². The molecule has 0 saturated carbocycles. The van der Waals surface area contributed by atoms with Crippen molar-refractivity contribution in [1.82, 2.24) is 19.6 Å². The summed E-state index contributed by atoms with van der Waals surface area (Å²) in [7, 11) is 2.19. The monoisotopic (exact) mass is 336 g/mol. The lowest BCUT2D eigenvalue weighted by molar-refractivity contribution is 0.148. The van der Waals surface area contributed by atoms with E-state index in [4.69, 9.17) is 5.10 Å². The molecule has 2 heterocycles. The van der Waals surface area contributed by atoms with Gasteiger partial charge in [0.25, 0.3) is 0 Å². The molecule has 5 heteroatoms. The van der Waals surface area contributed by atoms with Gasteiger partial charge in [0.15, 0.2) is 0 Å². The first-order valence-electron chi connectivity index (χ1n) is 9.16. The molecule has 0 bridgehead atoms. The Balaban J connectivity index is 2.27. The zero-order valence-corrected chi connectivity index (χ0v) is 16.7. The molecule has 5 nitrogen and oxygen atoms in total. The number of likely N-dealkylation sites (N-methyl/N-ethyl adjacent to an activating group) is 1. The van der Waals surface area contributed by atoms with Crippen LogP contribution < -0.4 is 0 Å². The highest BCUT2D eigenvalue weighted by Gasteiger charge is 2.33. The van der Waals surface area contributed by atoms with E-state index in [1.807, 2.05) is 0 Å². The number of aromatic nitrogens is 2. The Morgan fingerprint density at radius 2 is 1.50 bits per heavy atom. The second kappa shape index (κ2) is 7.14. The molecule has 1 aliphatic heterocycles. The first-order chi connectivity index (χ1) is 11.0. The van der Waals surface area contributed by atoms with Crippen LogP contribution in [0.5, 0.6) is 0 Å². The van der Waals surface area contributed by atoms with Crippen LogP contribution in [0.3, 0.4) is 0 Å². The minimum Gasteiger partial charge on any atom is -0.390 e. The topological polar surface area (TPSA) is 44.5 Å². The van der Waals surface area contributed by atoms with Crippen molar-refractivity contribution in [3.8, 4) is 0 Å². The van der Waals surface area contributed by atoms with Gasteiger partial charge in [-0.1, -0.05) is 41.5 Å². The summed E-state index contributed by atoms with van der Waals surface area (Å²) in [6.45, 7) is 19.8. The normalized spacial score (nSPS) is 18.3. The summed E-state index contributed by atoms with van der Waals surface area (Å²) in [5.41, 5.74) is 3.31. The predicted molar refractivity (Wildman–Crippen MR) is 99.5 cm³/mol. The fourth-order valence-electron chi connectivity index (χ4n) is 3.64. The molecule has 138 valence electrons. The van der Waals surface area contributed by atoms with Crippen LogP contribution in [-0.2, 0) is 24.0 Å². The number of hydrogen-bond acceptors (Lipinski definition) is 4. The van der Waals surface area contributed by atoms with Crippen molar-refractivity contribution in [1.29, 1.82) is 0 Å². The molecule has 0 spiro atoms. The van der Waals surface area contributed by atoms with E-state index < -0.39 is 0 Å². The first kappa shape index (κ1) is 19.4. The van der Waals surface area contributed by atoms with Crippen molar-refractivity contribution >= 4 is 0 Å². The van der Waals surface area contributed by atoms with Crippen LogP contribution in [0, 0.1) is 0 Å². The molecule has 0 unspecified atom stereocenters. The van der Waals surface area contributed by atoms with Gasteiger partial charge in [-0.25, -0.2) is 0 Å². The molecular weight excluding hydrogens is 300 g/mol. The lowest BCUT2D eigenvalue weighted by atomic mass is 9.78. The van der Waals surface area contributed by atoms with E-state index in [2.05, 4.69) is 63.1 Å². The molecule has 0 atom stereocenters. The van der Waals surface area contributed by atoms with Gasteiger partial charge in [-0.05, 0) is 12.5 Å². The minimum absolute atomic E-state index is 0.00511. The molecule has 0 aliphatic carbocycles. The van der Waals surface area contributed by atoms with E-state index in [-0.39, 0.29) is 17.4 Å². The molecule has 1 aromatic rings. The highest BCUT2D eigenvalue weighted by atomic mass is 16.3. The average molecular weight is 337 g/mol. The Morgan fingerprint density at radius 1 is 0.917 bits per heavy atom. The fraction of sp³-hybridized carbons (Fsp3) is 0.842. The van der Waals surface area contributed by atoms with E-state index in [1.54, 1.807) is 0 Å². The molecule has 0 radical (unpaired) electrons. The van der Waals surface area contributed by atoms with Gasteiger partial charge in [-0.15, -0.1) is 0 Å². The van der Waals surface area contributed by atoms with Crippen LogP contribution in [0.25, 0.3) is 0 Å². The number of hydrogen-bond donors (Lipinski definition) is 1. The number of nitrogens with zero attached hydrogens (tertiary/aromatic N) is 4. The van der Waals surface area contributed by atoms with Crippen LogP contribution in [0.4, 0.5) is 0 Å². The fourth-order valence-corrected chi connectivity index (χ4v) is 3.64. The summed E-state index contributed by atoms with van der Waals surface area (Å²) in [4.78, 5) is 4.90. The van der Waals surface area contributed by atoms with Gasteiger partial charge in [-0.2, -0.15) is 5.10 Å². The Labute approximate surface area is 147 Å². The lowest BCUT2D eigenvalue weighted by Gasteiger charge is -2.33. The number of aliphatic hydroxyl groups excluding tert-OH is 1. The van der Waals surface area contributed by atoms with Crippen molar-refractivity contribution in [2.75, 3.05) is 39.8 Å². The molecule has 0 amide bonds. The summed E-state index contributed by atoms with van der Waals surface area (Å²) in [5.74, 6) is 0. The summed E-state index contributed by atoms with van der Waals surface area (Å²) in [6, 6.07) is 0. The van der Waals surface area contributed by atoms with Crippen molar-refractivity contribution < 1.29 is 5.11 Å². The van der Waals surface area contributed by atoms with Gasteiger partial charge in [0.2, 0.25) is 0 Å². The quantitative estimate of drug-likeness (QED) is 0.916. The maximum atomic E-state index is 9.84. The molecular formula is C19H36N4O. The Hall–Kier alpha value is -0.910. The third-order valence-corrected chi connectivity index (χ3v) is 4.86. The second-order valence-corrected chi connectivity index (χ2v) is 9.20. The maximum Gasteiger partial charge on any atom is 0.0919 e. The van der Waals surface area contributed by atoms with Gasteiger partial charge in [0, 0.05) is 49.4 Å². The minimum atomic E-state index is -0.0211. The number of piperazine rings is 1. The van der Waals surface area contributed by atoms with Crippen LogP contribution in [-0.4, -0.2) is 64.5 Å². The SMILES string of the molecule is CN1CCN(CCn2nc(CO)c(C(C)(C)C)c2C(C)(C)C)CC1. The van der Waals surface area contributed by atoms with Gasteiger partial charge >= 0.3 is 0 Å². The Bertz CT molecular complexity index is 543. The van der Waals surface area contributed by atoms with E-state index in [0.717, 1.165) is 45.0 Å². The average Bonchev–Trinajstić information content (AvgIpc) is 2.85. The second-order valence-electron chi connectivity index (χ2n) is 9.20. The van der Waals surface area contributed by atoms with Crippen molar-refractivity contribution in [2.45, 2.75) is 65.5 Å². The van der Waals surface area contributed by atoms with E-state index in [1.165, 1.54) is 11.3 Å². The summed E-state index contributed by atoms with van der Waals surface area (Å²) in [6.07, 6.45) is 0. The molecule has 24 heavy (non-hydrogen) atoms. The summed E-state index contributed by atoms with van der Waals surface area (Å²) >= 11 is 0. The zero-order valence-electron chi connectivity index (χ0n) is 16.7. The standard InChI is InChI=1S/C19H36N4O/c1-18(2,3)16-15(14-24)20-23(17(16)19(4,5)6)13-12-22-10-8-21(7)9-11-22/h24H,8-14H2,1-7H3.